The molecular formula is C15H15N5O4. The summed E-state index contributed by atoms with van der Waals surface area (Å²) in [5.41, 5.74) is 1.56. The number of benzene rings is 1. The molecule has 0 unspecified atom stereocenters. The smallest absolute Gasteiger partial charge is 0.309 e. The van der Waals surface area contributed by atoms with Gasteiger partial charge in [-0.25, -0.2) is 9.97 Å². The van der Waals surface area contributed by atoms with E-state index in [1.165, 1.54) is 0 Å². The third-order valence-electron chi connectivity index (χ3n) is 3.41. The van der Waals surface area contributed by atoms with E-state index in [2.05, 4.69) is 25.3 Å². The first kappa shape index (κ1) is 15.5. The summed E-state index contributed by atoms with van der Waals surface area (Å²) in [6, 6.07) is 5.45. The molecule has 0 aliphatic rings. The van der Waals surface area contributed by atoms with Crippen LogP contribution in [0.25, 0.3) is 10.9 Å². The summed E-state index contributed by atoms with van der Waals surface area (Å²) in [4.78, 5) is 25.9. The number of hydrogen-bond donors (Lipinski definition) is 4. The second-order valence-corrected chi connectivity index (χ2v) is 5.10. The van der Waals surface area contributed by atoms with E-state index in [1.54, 1.807) is 13.2 Å². The van der Waals surface area contributed by atoms with E-state index in [9.17, 15) is 9.90 Å². The molecule has 3 rings (SSSR count). The Morgan fingerprint density at radius 1 is 1.33 bits per heavy atom. The number of nitrogens with one attached hydrogen (secondary N) is 2. The van der Waals surface area contributed by atoms with Gasteiger partial charge in [0.1, 0.15) is 5.75 Å². The van der Waals surface area contributed by atoms with E-state index in [1.807, 2.05) is 19.1 Å². The van der Waals surface area contributed by atoms with Gasteiger partial charge in [-0.3, -0.25) is 10.1 Å². The number of aryl methyl sites for hydroxylation is 1. The zero-order valence-corrected chi connectivity index (χ0v) is 13.0. The molecule has 9 heteroatoms. The Kier molecular flexibility index (Phi) is 3.90. The van der Waals surface area contributed by atoms with Gasteiger partial charge in [-0.2, -0.15) is 4.98 Å². The SMILES string of the molecule is COc1ccc2nc(Nc3nc(O)c(CC(=O)O)[nH]3)nc(C)c2c1. The van der Waals surface area contributed by atoms with Gasteiger partial charge < -0.3 is 19.9 Å². The van der Waals surface area contributed by atoms with Crippen LogP contribution in [0.4, 0.5) is 11.9 Å². The molecule has 0 aliphatic carbocycles. The Morgan fingerprint density at radius 2 is 2.12 bits per heavy atom. The van der Waals surface area contributed by atoms with E-state index in [0.717, 1.165) is 11.1 Å². The molecule has 0 atom stereocenters. The van der Waals surface area contributed by atoms with Crippen molar-refractivity contribution in [3.8, 4) is 11.6 Å². The Morgan fingerprint density at radius 3 is 2.83 bits per heavy atom. The van der Waals surface area contributed by atoms with Crippen LogP contribution in [0.3, 0.4) is 0 Å². The predicted molar refractivity (Wildman–Crippen MR) is 85.7 cm³/mol. The van der Waals surface area contributed by atoms with Crippen molar-refractivity contribution in [1.29, 1.82) is 0 Å². The summed E-state index contributed by atoms with van der Waals surface area (Å²) in [5.74, 6) is -0.296. The number of carboxylic acid groups (broad SMARTS) is 1. The van der Waals surface area contributed by atoms with Crippen molar-refractivity contribution < 1.29 is 19.7 Å². The number of aliphatic carboxylic acids is 1. The highest BCUT2D eigenvalue weighted by Gasteiger charge is 2.14. The molecule has 124 valence electrons. The Labute approximate surface area is 136 Å². The van der Waals surface area contributed by atoms with Gasteiger partial charge in [-0.1, -0.05) is 0 Å². The van der Waals surface area contributed by atoms with Crippen molar-refractivity contribution in [2.45, 2.75) is 13.3 Å². The summed E-state index contributed by atoms with van der Waals surface area (Å²) in [6.45, 7) is 1.84. The number of imidazole rings is 1. The summed E-state index contributed by atoms with van der Waals surface area (Å²) < 4.78 is 5.19. The molecule has 24 heavy (non-hydrogen) atoms. The number of nitrogens with zero attached hydrogens (tertiary/aromatic N) is 3. The predicted octanol–water partition coefficient (Wildman–Crippen LogP) is 1.75. The number of carbonyl (C=O) groups is 1. The number of aromatic hydroxyl groups is 1. The van der Waals surface area contributed by atoms with E-state index in [4.69, 9.17) is 9.84 Å². The Bertz CT molecular complexity index is 922. The number of ether oxygens (including phenoxy) is 1. The normalized spacial score (nSPS) is 10.8. The lowest BCUT2D eigenvalue weighted by molar-refractivity contribution is -0.136. The third kappa shape index (κ3) is 3.05. The quantitative estimate of drug-likeness (QED) is 0.556. The Hall–Kier alpha value is -3.36. The molecule has 2 heterocycles. The largest absolute Gasteiger partial charge is 0.497 e. The number of rotatable bonds is 5. The van der Waals surface area contributed by atoms with Crippen LogP contribution in [0.5, 0.6) is 11.6 Å². The minimum atomic E-state index is -1.08. The summed E-state index contributed by atoms with van der Waals surface area (Å²) >= 11 is 0. The maximum Gasteiger partial charge on any atom is 0.309 e. The molecule has 1 aromatic carbocycles. The summed E-state index contributed by atoms with van der Waals surface area (Å²) in [7, 11) is 1.59. The first-order valence-corrected chi connectivity index (χ1v) is 7.05. The molecule has 0 spiro atoms. The van der Waals surface area contributed by atoms with Crippen LogP contribution < -0.4 is 10.1 Å². The van der Waals surface area contributed by atoms with Crippen LogP contribution in [0, 0.1) is 6.92 Å². The number of aromatic nitrogens is 4. The van der Waals surface area contributed by atoms with E-state index < -0.39 is 5.97 Å². The van der Waals surface area contributed by atoms with Gasteiger partial charge in [0.2, 0.25) is 17.8 Å². The van der Waals surface area contributed by atoms with Crippen molar-refractivity contribution in [2.24, 2.45) is 0 Å². The minimum absolute atomic E-state index is 0.104. The first-order chi connectivity index (χ1) is 11.5. The first-order valence-electron chi connectivity index (χ1n) is 7.05. The molecule has 0 aliphatic heterocycles. The molecule has 0 radical (unpaired) electrons. The number of aromatic amines is 1. The van der Waals surface area contributed by atoms with Gasteiger partial charge in [0, 0.05) is 5.39 Å². The molecule has 3 aromatic rings. The van der Waals surface area contributed by atoms with Gasteiger partial charge in [-0.05, 0) is 25.1 Å². The molecule has 0 amide bonds. The molecule has 0 saturated heterocycles. The standard InChI is InChI=1S/C15H15N5O4/c1-7-9-5-8(24-2)3-4-10(9)17-14(16-7)20-15-18-11(6-12(21)22)13(23)19-15/h3-5,23H,6H2,1-2H3,(H,21,22)(H2,16,17,18,19,20). The topological polar surface area (TPSA) is 133 Å². The highest BCUT2D eigenvalue weighted by molar-refractivity contribution is 5.83. The average molecular weight is 329 g/mol. The zero-order chi connectivity index (χ0) is 17.3. The van der Waals surface area contributed by atoms with Gasteiger partial charge in [0.15, 0.2) is 0 Å². The van der Waals surface area contributed by atoms with E-state index in [-0.39, 0.29) is 29.9 Å². The van der Waals surface area contributed by atoms with Crippen molar-refractivity contribution in [3.05, 3.63) is 29.6 Å². The molecule has 2 aromatic heterocycles. The minimum Gasteiger partial charge on any atom is -0.497 e. The van der Waals surface area contributed by atoms with Crippen LogP contribution in [0.15, 0.2) is 18.2 Å². The number of H-pyrrole nitrogens is 1. The lowest BCUT2D eigenvalue weighted by Crippen LogP contribution is -2.02. The fourth-order valence-electron chi connectivity index (χ4n) is 2.28. The van der Waals surface area contributed by atoms with Crippen molar-refractivity contribution in [3.63, 3.8) is 0 Å². The maximum absolute atomic E-state index is 10.7. The van der Waals surface area contributed by atoms with Gasteiger partial charge >= 0.3 is 5.97 Å². The molecule has 0 bridgehead atoms. The number of methoxy groups -OCH3 is 1. The molecule has 0 saturated carbocycles. The second-order valence-electron chi connectivity index (χ2n) is 5.10. The fourth-order valence-corrected chi connectivity index (χ4v) is 2.28. The van der Waals surface area contributed by atoms with E-state index >= 15 is 0 Å². The highest BCUT2D eigenvalue weighted by atomic mass is 16.5. The lowest BCUT2D eigenvalue weighted by Gasteiger charge is -2.07. The summed E-state index contributed by atoms with van der Waals surface area (Å²) in [5, 5.41) is 22.1. The zero-order valence-electron chi connectivity index (χ0n) is 13.0. The van der Waals surface area contributed by atoms with Crippen molar-refractivity contribution in [2.75, 3.05) is 12.4 Å². The van der Waals surface area contributed by atoms with Crippen LogP contribution in [0.2, 0.25) is 0 Å². The van der Waals surface area contributed by atoms with Gasteiger partial charge in [0.25, 0.3) is 0 Å². The maximum atomic E-state index is 10.7. The lowest BCUT2D eigenvalue weighted by atomic mass is 10.2. The van der Waals surface area contributed by atoms with Crippen molar-refractivity contribution >= 4 is 28.8 Å². The molecular weight excluding hydrogens is 314 g/mol. The van der Waals surface area contributed by atoms with Crippen LogP contribution in [-0.2, 0) is 11.2 Å². The molecule has 9 nitrogen and oxygen atoms in total. The van der Waals surface area contributed by atoms with Crippen LogP contribution in [-0.4, -0.2) is 43.2 Å². The number of anilines is 2. The third-order valence-corrected chi connectivity index (χ3v) is 3.41. The number of carboxylic acids is 1. The van der Waals surface area contributed by atoms with Gasteiger partial charge in [0.05, 0.1) is 30.4 Å². The average Bonchev–Trinajstić information content (AvgIpc) is 2.85. The van der Waals surface area contributed by atoms with Gasteiger partial charge in [-0.15, -0.1) is 0 Å². The monoisotopic (exact) mass is 329 g/mol. The van der Waals surface area contributed by atoms with Crippen molar-refractivity contribution in [1.82, 2.24) is 19.9 Å². The number of fused-ring (bicyclic) bond motifs is 1. The van der Waals surface area contributed by atoms with Crippen LogP contribution >= 0.6 is 0 Å². The summed E-state index contributed by atoms with van der Waals surface area (Å²) in [6.07, 6.45) is -0.363. The second kappa shape index (κ2) is 6.03. The Balaban J connectivity index is 1.91. The van der Waals surface area contributed by atoms with Crippen LogP contribution in [0.1, 0.15) is 11.4 Å². The number of hydrogen-bond acceptors (Lipinski definition) is 7. The fraction of sp³-hybridized carbons (Fsp3) is 0.200. The molecule has 4 N–H and O–H groups in total. The highest BCUT2D eigenvalue weighted by Crippen LogP contribution is 2.24. The molecule has 0 fully saturated rings. The van der Waals surface area contributed by atoms with E-state index in [0.29, 0.717) is 11.3 Å².